The van der Waals surface area contributed by atoms with Crippen LogP contribution in [-0.2, 0) is 0 Å². The second kappa shape index (κ2) is 7.69. The van der Waals surface area contributed by atoms with Gasteiger partial charge in [0.25, 0.3) is 5.91 Å². The van der Waals surface area contributed by atoms with Crippen molar-refractivity contribution >= 4 is 23.1 Å². The van der Waals surface area contributed by atoms with Crippen molar-refractivity contribution in [2.45, 2.75) is 26.9 Å². The van der Waals surface area contributed by atoms with Gasteiger partial charge in [-0.25, -0.2) is 0 Å². The van der Waals surface area contributed by atoms with Crippen LogP contribution in [0.3, 0.4) is 0 Å². The Labute approximate surface area is 151 Å². The van der Waals surface area contributed by atoms with Crippen LogP contribution in [0.2, 0.25) is 0 Å². The number of nitrogens with one attached hydrogen (secondary N) is 2. The second-order valence-electron chi connectivity index (χ2n) is 6.02. The molecule has 0 spiro atoms. The summed E-state index contributed by atoms with van der Waals surface area (Å²) in [6, 6.07) is 12.4. The molecular weight excluding hydrogens is 332 g/mol. The summed E-state index contributed by atoms with van der Waals surface area (Å²) in [7, 11) is 0. The van der Waals surface area contributed by atoms with E-state index in [4.69, 9.17) is 9.26 Å². The normalized spacial score (nSPS) is 10.6. The van der Waals surface area contributed by atoms with Crippen LogP contribution >= 0.6 is 0 Å². The number of carbonyl (C=O) groups excluding carboxylic acids is 1. The number of hydrogen-bond acceptors (Lipinski definition) is 6. The van der Waals surface area contributed by atoms with Crippen molar-refractivity contribution in [3.8, 4) is 5.75 Å². The van der Waals surface area contributed by atoms with Crippen molar-refractivity contribution < 1.29 is 14.1 Å². The standard InChI is InChI=1S/C19H20N4O3/c1-12(2)25-16-6-4-14(5-7-16)22-19(24)17-11-15(8-9-20-17)21-18-10-13(3)26-23-18/h4-12H,1-3H3,(H,22,24)(H,20,21,23). The molecular formula is C19H20N4O3. The number of anilines is 3. The lowest BCUT2D eigenvalue weighted by Gasteiger charge is -2.11. The summed E-state index contributed by atoms with van der Waals surface area (Å²) in [4.78, 5) is 16.5. The Balaban J connectivity index is 1.66. The Morgan fingerprint density at radius 2 is 1.88 bits per heavy atom. The number of amides is 1. The van der Waals surface area contributed by atoms with E-state index in [0.29, 0.717) is 23.0 Å². The number of ether oxygens (including phenoxy) is 1. The number of pyridine rings is 1. The molecule has 2 heterocycles. The highest BCUT2D eigenvalue weighted by molar-refractivity contribution is 6.03. The van der Waals surface area contributed by atoms with Gasteiger partial charge in [-0.3, -0.25) is 9.78 Å². The summed E-state index contributed by atoms with van der Waals surface area (Å²) in [6.07, 6.45) is 1.66. The van der Waals surface area contributed by atoms with E-state index in [9.17, 15) is 4.79 Å². The van der Waals surface area contributed by atoms with Gasteiger partial charge in [-0.15, -0.1) is 0 Å². The number of nitrogens with zero attached hydrogens (tertiary/aromatic N) is 2. The number of benzene rings is 1. The third-order valence-corrected chi connectivity index (χ3v) is 3.38. The highest BCUT2D eigenvalue weighted by Crippen LogP contribution is 2.19. The van der Waals surface area contributed by atoms with Gasteiger partial charge in [-0.2, -0.15) is 0 Å². The molecule has 0 radical (unpaired) electrons. The minimum Gasteiger partial charge on any atom is -0.491 e. The number of carbonyl (C=O) groups is 1. The number of hydrogen-bond donors (Lipinski definition) is 2. The molecule has 0 fully saturated rings. The van der Waals surface area contributed by atoms with Gasteiger partial charge >= 0.3 is 0 Å². The Morgan fingerprint density at radius 3 is 2.54 bits per heavy atom. The van der Waals surface area contributed by atoms with Gasteiger partial charge in [0.1, 0.15) is 17.2 Å². The van der Waals surface area contributed by atoms with E-state index in [1.165, 1.54) is 0 Å². The number of aromatic nitrogens is 2. The maximum absolute atomic E-state index is 12.4. The largest absolute Gasteiger partial charge is 0.491 e. The van der Waals surface area contributed by atoms with E-state index in [-0.39, 0.29) is 17.7 Å². The molecule has 3 rings (SSSR count). The third kappa shape index (κ3) is 4.60. The molecule has 0 bridgehead atoms. The fourth-order valence-corrected chi connectivity index (χ4v) is 2.29. The van der Waals surface area contributed by atoms with Crippen LogP contribution in [0.5, 0.6) is 5.75 Å². The molecule has 1 amide bonds. The summed E-state index contributed by atoms with van der Waals surface area (Å²) < 4.78 is 10.6. The first-order valence-electron chi connectivity index (χ1n) is 8.24. The number of aryl methyl sites for hydroxylation is 1. The van der Waals surface area contributed by atoms with Crippen molar-refractivity contribution in [2.75, 3.05) is 10.6 Å². The molecule has 3 aromatic rings. The van der Waals surface area contributed by atoms with Gasteiger partial charge in [0, 0.05) is 23.6 Å². The van der Waals surface area contributed by atoms with E-state index >= 15 is 0 Å². The van der Waals surface area contributed by atoms with Crippen molar-refractivity contribution in [3.05, 3.63) is 60.1 Å². The molecule has 0 saturated carbocycles. The maximum atomic E-state index is 12.4. The van der Waals surface area contributed by atoms with Crippen LogP contribution in [0.1, 0.15) is 30.1 Å². The smallest absolute Gasteiger partial charge is 0.274 e. The molecule has 26 heavy (non-hydrogen) atoms. The molecule has 2 aromatic heterocycles. The van der Waals surface area contributed by atoms with Crippen LogP contribution in [-0.4, -0.2) is 22.2 Å². The van der Waals surface area contributed by atoms with Crippen molar-refractivity contribution in [2.24, 2.45) is 0 Å². The van der Waals surface area contributed by atoms with Gasteiger partial charge in [0.15, 0.2) is 5.82 Å². The monoisotopic (exact) mass is 352 g/mol. The zero-order valence-corrected chi connectivity index (χ0v) is 14.8. The van der Waals surface area contributed by atoms with Crippen LogP contribution in [0.25, 0.3) is 0 Å². The summed E-state index contributed by atoms with van der Waals surface area (Å²) >= 11 is 0. The average Bonchev–Trinajstić information content (AvgIpc) is 3.01. The number of rotatable bonds is 6. The Hall–Kier alpha value is -3.35. The molecule has 0 aliphatic rings. The quantitative estimate of drug-likeness (QED) is 0.692. The summed E-state index contributed by atoms with van der Waals surface area (Å²) in [5.74, 6) is 1.72. The lowest BCUT2D eigenvalue weighted by atomic mass is 10.2. The fourth-order valence-electron chi connectivity index (χ4n) is 2.29. The van der Waals surface area contributed by atoms with Crippen LogP contribution in [0.15, 0.2) is 53.2 Å². The summed E-state index contributed by atoms with van der Waals surface area (Å²) in [5, 5.41) is 9.75. The van der Waals surface area contributed by atoms with E-state index in [0.717, 1.165) is 5.75 Å². The van der Waals surface area contributed by atoms with Crippen molar-refractivity contribution in [3.63, 3.8) is 0 Å². The topological polar surface area (TPSA) is 89.3 Å². The van der Waals surface area contributed by atoms with E-state index in [1.807, 2.05) is 26.0 Å². The van der Waals surface area contributed by atoms with E-state index < -0.39 is 0 Å². The lowest BCUT2D eigenvalue weighted by molar-refractivity contribution is 0.102. The van der Waals surface area contributed by atoms with E-state index in [2.05, 4.69) is 20.8 Å². The molecule has 7 nitrogen and oxygen atoms in total. The van der Waals surface area contributed by atoms with Crippen molar-refractivity contribution in [1.29, 1.82) is 0 Å². The zero-order valence-electron chi connectivity index (χ0n) is 14.8. The van der Waals surface area contributed by atoms with Crippen molar-refractivity contribution in [1.82, 2.24) is 10.1 Å². The van der Waals surface area contributed by atoms with Crippen LogP contribution in [0, 0.1) is 6.92 Å². The molecule has 7 heteroatoms. The molecule has 0 aliphatic carbocycles. The van der Waals surface area contributed by atoms with Gasteiger partial charge < -0.3 is 19.9 Å². The molecule has 134 valence electrons. The minimum atomic E-state index is -0.303. The summed E-state index contributed by atoms with van der Waals surface area (Å²) in [5.41, 5.74) is 1.65. The van der Waals surface area contributed by atoms with Crippen LogP contribution < -0.4 is 15.4 Å². The Kier molecular flexibility index (Phi) is 5.17. The highest BCUT2D eigenvalue weighted by atomic mass is 16.5. The van der Waals surface area contributed by atoms with Gasteiger partial charge in [0.05, 0.1) is 6.10 Å². The second-order valence-corrected chi connectivity index (χ2v) is 6.02. The molecule has 2 N–H and O–H groups in total. The molecule has 0 aliphatic heterocycles. The third-order valence-electron chi connectivity index (χ3n) is 3.38. The predicted molar refractivity (Wildman–Crippen MR) is 98.9 cm³/mol. The predicted octanol–water partition coefficient (Wildman–Crippen LogP) is 4.16. The maximum Gasteiger partial charge on any atom is 0.274 e. The first-order chi connectivity index (χ1) is 12.5. The average molecular weight is 352 g/mol. The molecule has 1 aromatic carbocycles. The van der Waals surface area contributed by atoms with Crippen LogP contribution in [0.4, 0.5) is 17.2 Å². The molecule has 0 unspecified atom stereocenters. The van der Waals surface area contributed by atoms with Gasteiger partial charge in [-0.05, 0) is 57.2 Å². The first kappa shape index (κ1) is 17.5. The first-order valence-corrected chi connectivity index (χ1v) is 8.24. The fraction of sp³-hybridized carbons (Fsp3) is 0.211. The summed E-state index contributed by atoms with van der Waals surface area (Å²) in [6.45, 7) is 5.73. The Bertz CT molecular complexity index is 888. The minimum absolute atomic E-state index is 0.100. The highest BCUT2D eigenvalue weighted by Gasteiger charge is 2.10. The van der Waals surface area contributed by atoms with Gasteiger partial charge in [-0.1, -0.05) is 5.16 Å². The Morgan fingerprint density at radius 1 is 1.12 bits per heavy atom. The molecule has 0 atom stereocenters. The SMILES string of the molecule is Cc1cc(Nc2ccnc(C(=O)Nc3ccc(OC(C)C)cc3)c2)no1. The molecule has 0 saturated heterocycles. The van der Waals surface area contributed by atoms with Gasteiger partial charge in [0.2, 0.25) is 0 Å². The lowest BCUT2D eigenvalue weighted by Crippen LogP contribution is -2.14. The zero-order chi connectivity index (χ0) is 18.5. The van der Waals surface area contributed by atoms with E-state index in [1.54, 1.807) is 43.5 Å².